The van der Waals surface area contributed by atoms with E-state index in [9.17, 15) is 4.79 Å². The van der Waals surface area contributed by atoms with Crippen LogP contribution < -0.4 is 10.6 Å². The van der Waals surface area contributed by atoms with Crippen molar-refractivity contribution in [2.24, 2.45) is 11.3 Å². The first-order chi connectivity index (χ1) is 10.3. The summed E-state index contributed by atoms with van der Waals surface area (Å²) in [5, 5.41) is 6.52. The lowest BCUT2D eigenvalue weighted by molar-refractivity contribution is -0.137. The molecule has 21 heavy (non-hydrogen) atoms. The van der Waals surface area contributed by atoms with Crippen LogP contribution in [0.15, 0.2) is 24.3 Å². The number of likely N-dealkylation sites (tertiary alicyclic amines) is 1. The van der Waals surface area contributed by atoms with Crippen molar-refractivity contribution in [3.05, 3.63) is 29.8 Å². The minimum atomic E-state index is -0.165. The van der Waals surface area contributed by atoms with E-state index in [4.69, 9.17) is 0 Å². The van der Waals surface area contributed by atoms with Crippen LogP contribution in [0, 0.1) is 11.3 Å². The predicted octanol–water partition coefficient (Wildman–Crippen LogP) is 1.48. The van der Waals surface area contributed by atoms with Gasteiger partial charge in [0.25, 0.3) is 0 Å². The zero-order valence-electron chi connectivity index (χ0n) is 12.4. The number of para-hydroxylation sites is 1. The molecule has 0 saturated carbocycles. The van der Waals surface area contributed by atoms with Crippen molar-refractivity contribution in [2.45, 2.75) is 19.3 Å². The standard InChI is InChI=1S/C17H23N3O/c21-16-17(9-14-3-1-2-4-15(14)19-16)11-20(12-17)10-13-5-7-18-8-6-13/h1-4,13,18H,5-12H2,(H,19,21). The molecule has 1 amide bonds. The van der Waals surface area contributed by atoms with Gasteiger partial charge in [-0.15, -0.1) is 0 Å². The Hall–Kier alpha value is -1.39. The van der Waals surface area contributed by atoms with Crippen molar-refractivity contribution in [1.29, 1.82) is 0 Å². The van der Waals surface area contributed by atoms with Crippen LogP contribution in [0.5, 0.6) is 0 Å². The zero-order valence-corrected chi connectivity index (χ0v) is 12.4. The normalized spacial score (nSPS) is 25.2. The van der Waals surface area contributed by atoms with Crippen molar-refractivity contribution in [3.8, 4) is 0 Å². The molecule has 0 bridgehead atoms. The van der Waals surface area contributed by atoms with Crippen molar-refractivity contribution >= 4 is 11.6 Å². The van der Waals surface area contributed by atoms with Gasteiger partial charge in [-0.3, -0.25) is 4.79 Å². The summed E-state index contributed by atoms with van der Waals surface area (Å²) in [5.41, 5.74) is 2.13. The molecule has 0 unspecified atom stereocenters. The van der Waals surface area contributed by atoms with Gasteiger partial charge >= 0.3 is 0 Å². The second-order valence-corrected chi connectivity index (χ2v) is 6.93. The van der Waals surface area contributed by atoms with E-state index in [1.165, 1.54) is 24.9 Å². The number of piperidine rings is 1. The molecule has 0 atom stereocenters. The van der Waals surface area contributed by atoms with Gasteiger partial charge < -0.3 is 15.5 Å². The molecule has 1 aromatic carbocycles. The third-order valence-corrected chi connectivity index (χ3v) is 5.30. The number of nitrogens with one attached hydrogen (secondary N) is 2. The summed E-state index contributed by atoms with van der Waals surface area (Å²) in [7, 11) is 0. The lowest BCUT2D eigenvalue weighted by Gasteiger charge is -2.52. The van der Waals surface area contributed by atoms with Crippen LogP contribution in [0.3, 0.4) is 0 Å². The molecule has 112 valence electrons. The predicted molar refractivity (Wildman–Crippen MR) is 83.2 cm³/mol. The molecule has 3 aliphatic rings. The number of hydrogen-bond donors (Lipinski definition) is 2. The van der Waals surface area contributed by atoms with Crippen LogP contribution in [0.2, 0.25) is 0 Å². The molecule has 4 nitrogen and oxygen atoms in total. The van der Waals surface area contributed by atoms with E-state index in [0.29, 0.717) is 0 Å². The number of carbonyl (C=O) groups excluding carboxylic acids is 1. The minimum absolute atomic E-state index is 0.165. The SMILES string of the molecule is O=C1Nc2ccccc2CC12CN(CC1CCNCC1)C2. The van der Waals surface area contributed by atoms with E-state index >= 15 is 0 Å². The van der Waals surface area contributed by atoms with Crippen molar-refractivity contribution < 1.29 is 4.79 Å². The van der Waals surface area contributed by atoms with Gasteiger partial charge in [-0.1, -0.05) is 18.2 Å². The fraction of sp³-hybridized carbons (Fsp3) is 0.588. The van der Waals surface area contributed by atoms with Crippen LogP contribution in [0.1, 0.15) is 18.4 Å². The third kappa shape index (κ3) is 2.36. The fourth-order valence-electron chi connectivity index (χ4n) is 4.12. The summed E-state index contributed by atoms with van der Waals surface area (Å²) in [5.74, 6) is 1.03. The largest absolute Gasteiger partial charge is 0.325 e. The van der Waals surface area contributed by atoms with Crippen LogP contribution >= 0.6 is 0 Å². The number of fused-ring (bicyclic) bond motifs is 1. The zero-order chi connectivity index (χ0) is 14.3. The third-order valence-electron chi connectivity index (χ3n) is 5.30. The quantitative estimate of drug-likeness (QED) is 0.865. The smallest absolute Gasteiger partial charge is 0.233 e. The van der Waals surface area contributed by atoms with E-state index in [0.717, 1.165) is 44.2 Å². The Kier molecular flexibility index (Phi) is 3.23. The molecule has 2 saturated heterocycles. The fourth-order valence-corrected chi connectivity index (χ4v) is 4.12. The maximum atomic E-state index is 12.5. The number of benzene rings is 1. The Morgan fingerprint density at radius 2 is 1.95 bits per heavy atom. The van der Waals surface area contributed by atoms with Gasteiger partial charge in [-0.25, -0.2) is 0 Å². The number of amides is 1. The van der Waals surface area contributed by atoms with E-state index in [2.05, 4.69) is 27.7 Å². The molecular formula is C17H23N3O. The van der Waals surface area contributed by atoms with Crippen molar-refractivity contribution in [1.82, 2.24) is 10.2 Å². The van der Waals surface area contributed by atoms with Gasteiger partial charge in [-0.2, -0.15) is 0 Å². The lowest BCUT2D eigenvalue weighted by Crippen LogP contribution is -2.65. The number of rotatable bonds is 2. The highest BCUT2D eigenvalue weighted by Gasteiger charge is 2.51. The molecule has 2 fully saturated rings. The van der Waals surface area contributed by atoms with Gasteiger partial charge in [-0.05, 0) is 49.9 Å². The highest BCUT2D eigenvalue weighted by molar-refractivity contribution is 5.99. The topological polar surface area (TPSA) is 44.4 Å². The van der Waals surface area contributed by atoms with Gasteiger partial charge in [0, 0.05) is 25.3 Å². The van der Waals surface area contributed by atoms with E-state index in [1.807, 2.05) is 12.1 Å². The monoisotopic (exact) mass is 285 g/mol. The van der Waals surface area contributed by atoms with Gasteiger partial charge in [0.1, 0.15) is 0 Å². The van der Waals surface area contributed by atoms with Crippen molar-refractivity contribution in [3.63, 3.8) is 0 Å². The van der Waals surface area contributed by atoms with Crippen LogP contribution in [-0.2, 0) is 11.2 Å². The first-order valence-corrected chi connectivity index (χ1v) is 8.08. The highest BCUT2D eigenvalue weighted by atomic mass is 16.2. The molecule has 2 N–H and O–H groups in total. The van der Waals surface area contributed by atoms with Gasteiger partial charge in [0.15, 0.2) is 0 Å². The number of carbonyl (C=O) groups is 1. The summed E-state index contributed by atoms with van der Waals surface area (Å²) in [6.45, 7) is 5.32. The Bertz CT molecular complexity index is 545. The maximum absolute atomic E-state index is 12.5. The van der Waals surface area contributed by atoms with Crippen LogP contribution in [0.4, 0.5) is 5.69 Å². The van der Waals surface area contributed by atoms with Crippen molar-refractivity contribution in [2.75, 3.05) is 38.0 Å². The van der Waals surface area contributed by atoms with Gasteiger partial charge in [0.05, 0.1) is 5.41 Å². The molecule has 3 aliphatic heterocycles. The first kappa shape index (κ1) is 13.3. The van der Waals surface area contributed by atoms with E-state index in [-0.39, 0.29) is 11.3 Å². The number of anilines is 1. The molecule has 1 spiro atoms. The summed E-state index contributed by atoms with van der Waals surface area (Å²) in [4.78, 5) is 14.9. The summed E-state index contributed by atoms with van der Waals surface area (Å²) in [6.07, 6.45) is 3.45. The summed E-state index contributed by atoms with van der Waals surface area (Å²) in [6, 6.07) is 8.20. The van der Waals surface area contributed by atoms with E-state index < -0.39 is 0 Å². The second-order valence-electron chi connectivity index (χ2n) is 6.93. The lowest BCUT2D eigenvalue weighted by atomic mass is 9.71. The Labute approximate surface area is 125 Å². The number of hydrogen-bond acceptors (Lipinski definition) is 3. The van der Waals surface area contributed by atoms with Crippen LogP contribution in [-0.4, -0.2) is 43.5 Å². The summed E-state index contributed by atoms with van der Waals surface area (Å²) < 4.78 is 0. The number of nitrogens with zero attached hydrogens (tertiary/aromatic N) is 1. The molecule has 4 heteroatoms. The molecule has 1 aromatic rings. The second kappa shape index (κ2) is 5.11. The molecule has 0 radical (unpaired) electrons. The highest BCUT2D eigenvalue weighted by Crippen LogP contribution is 2.41. The van der Waals surface area contributed by atoms with E-state index in [1.54, 1.807) is 0 Å². The molecule has 3 heterocycles. The maximum Gasteiger partial charge on any atom is 0.233 e. The average Bonchev–Trinajstić information content (AvgIpc) is 2.47. The molecular weight excluding hydrogens is 262 g/mol. The Morgan fingerprint density at radius 1 is 1.19 bits per heavy atom. The Morgan fingerprint density at radius 3 is 2.76 bits per heavy atom. The Balaban J connectivity index is 1.40. The van der Waals surface area contributed by atoms with Crippen LogP contribution in [0.25, 0.3) is 0 Å². The van der Waals surface area contributed by atoms with Gasteiger partial charge in [0.2, 0.25) is 5.91 Å². The summed E-state index contributed by atoms with van der Waals surface area (Å²) >= 11 is 0. The first-order valence-electron chi connectivity index (χ1n) is 8.08. The average molecular weight is 285 g/mol. The minimum Gasteiger partial charge on any atom is -0.325 e. The molecule has 0 aliphatic carbocycles. The molecule has 4 rings (SSSR count). The molecule has 0 aromatic heterocycles.